The normalized spacial score (nSPS) is 16.7. The Hall–Kier alpha value is -4.50. The van der Waals surface area contributed by atoms with Crippen LogP contribution in [0.4, 0.5) is 5.13 Å². The molecular weight excluding hydrogens is 504 g/mol. The molecule has 0 saturated carbocycles. The Kier molecular flexibility index (Phi) is 6.46. The van der Waals surface area contributed by atoms with Gasteiger partial charge in [-0.2, -0.15) is 0 Å². The van der Waals surface area contributed by atoms with Crippen LogP contribution in [0.2, 0.25) is 0 Å². The molecule has 1 unspecified atom stereocenters. The minimum absolute atomic E-state index is 0.0497. The highest BCUT2D eigenvalue weighted by Gasteiger charge is 2.48. The second-order valence-corrected chi connectivity index (χ2v) is 9.94. The fraction of sp³-hybridized carbons (Fsp3) is 0.172. The Morgan fingerprint density at radius 1 is 1.00 bits per heavy atom. The Bertz CT molecular complexity index is 1640. The van der Waals surface area contributed by atoms with Gasteiger partial charge in [-0.3, -0.25) is 14.5 Å². The number of ketones is 1. The summed E-state index contributed by atoms with van der Waals surface area (Å²) in [5.74, 6) is -1.76. The number of ether oxygens (including phenoxy) is 2. The molecule has 3 aromatic carbocycles. The van der Waals surface area contributed by atoms with Gasteiger partial charge >= 0.3 is 11.9 Å². The van der Waals surface area contributed by atoms with Gasteiger partial charge in [-0.1, -0.05) is 41.2 Å². The monoisotopic (exact) mass is 528 g/mol. The quantitative estimate of drug-likeness (QED) is 0.161. The van der Waals surface area contributed by atoms with Gasteiger partial charge in [-0.25, -0.2) is 9.78 Å². The first-order valence-electron chi connectivity index (χ1n) is 11.7. The van der Waals surface area contributed by atoms with Crippen molar-refractivity contribution in [3.05, 3.63) is 94.1 Å². The van der Waals surface area contributed by atoms with Gasteiger partial charge in [0, 0.05) is 5.56 Å². The average Bonchev–Trinajstić information content (AvgIpc) is 3.46. The van der Waals surface area contributed by atoms with E-state index in [1.54, 1.807) is 49.6 Å². The lowest BCUT2D eigenvalue weighted by Crippen LogP contribution is -2.29. The highest BCUT2D eigenvalue weighted by molar-refractivity contribution is 7.22. The molecule has 1 fully saturated rings. The van der Waals surface area contributed by atoms with E-state index >= 15 is 0 Å². The van der Waals surface area contributed by atoms with Crippen LogP contribution >= 0.6 is 11.3 Å². The summed E-state index contributed by atoms with van der Waals surface area (Å²) in [6.07, 6.45) is 0. The number of hydrogen-bond acceptors (Lipinski definition) is 8. The van der Waals surface area contributed by atoms with Gasteiger partial charge in [0.05, 0.1) is 41.6 Å². The van der Waals surface area contributed by atoms with Gasteiger partial charge in [0.15, 0.2) is 5.13 Å². The number of methoxy groups -OCH3 is 2. The summed E-state index contributed by atoms with van der Waals surface area (Å²) in [6.45, 7) is 3.71. The molecule has 9 heteroatoms. The Labute approximate surface area is 222 Å². The second kappa shape index (κ2) is 9.75. The number of thiazole rings is 1. The Balaban J connectivity index is 1.72. The van der Waals surface area contributed by atoms with Crippen molar-refractivity contribution in [2.24, 2.45) is 0 Å². The number of aliphatic hydroxyl groups is 1. The smallest absolute Gasteiger partial charge is 0.337 e. The number of esters is 1. The molecule has 1 aromatic heterocycles. The van der Waals surface area contributed by atoms with Gasteiger partial charge in [-0.15, -0.1) is 0 Å². The van der Waals surface area contributed by atoms with Crippen molar-refractivity contribution in [3.63, 3.8) is 0 Å². The minimum atomic E-state index is -0.968. The summed E-state index contributed by atoms with van der Waals surface area (Å²) < 4.78 is 10.9. The van der Waals surface area contributed by atoms with E-state index in [4.69, 9.17) is 9.47 Å². The van der Waals surface area contributed by atoms with E-state index in [2.05, 4.69) is 4.98 Å². The van der Waals surface area contributed by atoms with Crippen LogP contribution in [0.5, 0.6) is 5.75 Å². The standard InChI is InChI=1S/C29H24N2O6S/c1-15-5-6-16(2)20(13-15)25(32)23-24(17-7-9-18(10-8-17)28(35)37-4)31(27(34)26(23)33)29-30-21-12-11-19(36-3)14-22(21)38-29/h5-14,24,32H,1-4H3/b25-23+. The molecule has 5 rings (SSSR count). The van der Waals surface area contributed by atoms with Crippen LogP contribution in [0.25, 0.3) is 16.0 Å². The van der Waals surface area contributed by atoms with Gasteiger partial charge < -0.3 is 14.6 Å². The number of anilines is 1. The summed E-state index contributed by atoms with van der Waals surface area (Å²) in [7, 11) is 2.85. The fourth-order valence-corrected chi connectivity index (χ4v) is 5.54. The van der Waals surface area contributed by atoms with E-state index in [1.165, 1.54) is 23.3 Å². The third-order valence-corrected chi connectivity index (χ3v) is 7.55. The predicted octanol–water partition coefficient (Wildman–Crippen LogP) is 5.33. The maximum absolute atomic E-state index is 13.5. The lowest BCUT2D eigenvalue weighted by molar-refractivity contribution is -0.132. The molecule has 1 atom stereocenters. The molecule has 1 aliphatic rings. The first-order valence-corrected chi connectivity index (χ1v) is 12.6. The molecule has 0 spiro atoms. The van der Waals surface area contributed by atoms with Crippen LogP contribution in [0.15, 0.2) is 66.2 Å². The number of carbonyl (C=O) groups excluding carboxylic acids is 3. The van der Waals surface area contributed by atoms with E-state index in [9.17, 15) is 19.5 Å². The molecule has 8 nitrogen and oxygen atoms in total. The number of nitrogens with zero attached hydrogens (tertiary/aromatic N) is 2. The molecule has 38 heavy (non-hydrogen) atoms. The molecule has 4 aromatic rings. The van der Waals surface area contributed by atoms with Crippen molar-refractivity contribution < 1.29 is 29.0 Å². The van der Waals surface area contributed by atoms with Crippen LogP contribution < -0.4 is 9.64 Å². The van der Waals surface area contributed by atoms with Gasteiger partial charge in [0.2, 0.25) is 0 Å². The number of aliphatic hydroxyl groups excluding tert-OH is 1. The van der Waals surface area contributed by atoms with Crippen molar-refractivity contribution in [1.29, 1.82) is 0 Å². The van der Waals surface area contributed by atoms with Crippen LogP contribution in [0, 0.1) is 13.8 Å². The zero-order valence-corrected chi connectivity index (χ0v) is 22.0. The van der Waals surface area contributed by atoms with Crippen molar-refractivity contribution in [1.82, 2.24) is 4.98 Å². The van der Waals surface area contributed by atoms with Crippen molar-refractivity contribution >= 4 is 50.1 Å². The topological polar surface area (TPSA) is 106 Å². The Morgan fingerprint density at radius 3 is 2.42 bits per heavy atom. The third-order valence-electron chi connectivity index (χ3n) is 6.53. The highest BCUT2D eigenvalue weighted by Crippen LogP contribution is 2.45. The number of rotatable bonds is 5. The van der Waals surface area contributed by atoms with Crippen molar-refractivity contribution in [2.45, 2.75) is 19.9 Å². The molecule has 0 bridgehead atoms. The number of benzene rings is 3. The maximum atomic E-state index is 13.5. The van der Waals surface area contributed by atoms with E-state index in [0.717, 1.165) is 15.8 Å². The van der Waals surface area contributed by atoms with E-state index in [1.807, 2.05) is 32.0 Å². The highest BCUT2D eigenvalue weighted by atomic mass is 32.1. The van der Waals surface area contributed by atoms with Gasteiger partial charge in [0.25, 0.3) is 5.78 Å². The summed E-state index contributed by atoms with van der Waals surface area (Å²) >= 11 is 1.24. The molecule has 1 saturated heterocycles. The van der Waals surface area contributed by atoms with Crippen LogP contribution in [0.1, 0.15) is 38.7 Å². The number of Topliss-reactive ketones (excluding diaryl/α,β-unsaturated/α-hetero) is 1. The molecule has 1 aliphatic heterocycles. The number of aromatic nitrogens is 1. The SMILES string of the molecule is COC(=O)c1ccc(C2/C(=C(\O)c3cc(C)ccc3C)C(=O)C(=O)N2c2nc3ccc(OC)cc3s2)cc1. The third kappa shape index (κ3) is 4.20. The number of amides is 1. The zero-order chi connectivity index (χ0) is 27.1. The summed E-state index contributed by atoms with van der Waals surface area (Å²) in [4.78, 5) is 44.9. The fourth-order valence-electron chi connectivity index (χ4n) is 4.52. The van der Waals surface area contributed by atoms with Crippen LogP contribution in [-0.2, 0) is 14.3 Å². The molecule has 0 aliphatic carbocycles. The first kappa shape index (κ1) is 25.2. The Morgan fingerprint density at radius 2 is 1.74 bits per heavy atom. The molecule has 2 heterocycles. The molecular formula is C29H24N2O6S. The summed E-state index contributed by atoms with van der Waals surface area (Å²) in [5.41, 5.74) is 3.55. The van der Waals surface area contributed by atoms with Crippen molar-refractivity contribution in [2.75, 3.05) is 19.1 Å². The van der Waals surface area contributed by atoms with Crippen LogP contribution in [-0.4, -0.2) is 42.0 Å². The van der Waals surface area contributed by atoms with E-state index in [-0.39, 0.29) is 11.3 Å². The number of fused-ring (bicyclic) bond motifs is 1. The summed E-state index contributed by atoms with van der Waals surface area (Å²) in [5, 5.41) is 11.8. The maximum Gasteiger partial charge on any atom is 0.337 e. The lowest BCUT2D eigenvalue weighted by Gasteiger charge is -2.23. The summed E-state index contributed by atoms with van der Waals surface area (Å²) in [6, 6.07) is 16.3. The first-order chi connectivity index (χ1) is 18.2. The number of aryl methyl sites for hydroxylation is 2. The lowest BCUT2D eigenvalue weighted by atomic mass is 9.93. The van der Waals surface area contributed by atoms with Gasteiger partial charge in [0.1, 0.15) is 11.5 Å². The predicted molar refractivity (Wildman–Crippen MR) is 145 cm³/mol. The molecule has 1 amide bonds. The van der Waals surface area contributed by atoms with Crippen molar-refractivity contribution in [3.8, 4) is 5.75 Å². The second-order valence-electron chi connectivity index (χ2n) is 8.93. The zero-order valence-electron chi connectivity index (χ0n) is 21.1. The molecule has 0 radical (unpaired) electrons. The largest absolute Gasteiger partial charge is 0.507 e. The van der Waals surface area contributed by atoms with E-state index < -0.39 is 23.7 Å². The van der Waals surface area contributed by atoms with Gasteiger partial charge in [-0.05, 0) is 61.4 Å². The average molecular weight is 529 g/mol. The van der Waals surface area contributed by atoms with E-state index in [0.29, 0.717) is 33.1 Å². The molecule has 192 valence electrons. The van der Waals surface area contributed by atoms with Crippen LogP contribution in [0.3, 0.4) is 0 Å². The number of carbonyl (C=O) groups is 3. The molecule has 1 N–H and O–H groups in total. The minimum Gasteiger partial charge on any atom is -0.507 e. The number of hydrogen-bond donors (Lipinski definition) is 1.